The van der Waals surface area contributed by atoms with Crippen LogP contribution in [-0.2, 0) is 29.0 Å². The summed E-state index contributed by atoms with van der Waals surface area (Å²) in [6.45, 7) is 5.34. The van der Waals surface area contributed by atoms with E-state index in [4.69, 9.17) is 0 Å². The van der Waals surface area contributed by atoms with Crippen LogP contribution in [-0.4, -0.2) is 33.2 Å². The van der Waals surface area contributed by atoms with Gasteiger partial charge in [0.1, 0.15) is 11.9 Å². The molecule has 0 fully saturated rings. The number of para-hydroxylation sites is 1. The predicted molar refractivity (Wildman–Crippen MR) is 136 cm³/mol. The van der Waals surface area contributed by atoms with Gasteiger partial charge in [-0.15, -0.1) is 0 Å². The van der Waals surface area contributed by atoms with Gasteiger partial charge in [0.2, 0.25) is 11.8 Å². The standard InChI is InChI=1S/C28H30FN3O4/c1-28(2,3)30-27(34)25(17-20-11-5-4-6-12-20)31(19-22-14-7-9-15-23(22)29)26(33)18-21-13-8-10-16-24(21)32(35)36/h4-16,25H,17-19H2,1-3H3,(H,30,34)/t25-/m1/s1. The summed E-state index contributed by atoms with van der Waals surface area (Å²) in [6.07, 6.45) is -0.112. The Morgan fingerprint density at radius 2 is 1.53 bits per heavy atom. The first-order chi connectivity index (χ1) is 17.0. The Balaban J connectivity index is 2.05. The Morgan fingerprint density at radius 1 is 0.944 bits per heavy atom. The van der Waals surface area contributed by atoms with Crippen molar-refractivity contribution in [2.45, 2.75) is 51.7 Å². The zero-order valence-electron chi connectivity index (χ0n) is 20.6. The lowest BCUT2D eigenvalue weighted by atomic mass is 9.99. The number of nitrogens with zero attached hydrogens (tertiary/aromatic N) is 2. The number of hydrogen-bond donors (Lipinski definition) is 1. The monoisotopic (exact) mass is 491 g/mol. The first kappa shape index (κ1) is 26.5. The molecule has 0 saturated heterocycles. The van der Waals surface area contributed by atoms with Crippen molar-refractivity contribution in [3.63, 3.8) is 0 Å². The molecule has 3 aromatic rings. The van der Waals surface area contributed by atoms with E-state index in [0.29, 0.717) is 0 Å². The Kier molecular flexibility index (Phi) is 8.53. The number of carbonyl (C=O) groups excluding carboxylic acids is 2. The quantitative estimate of drug-likeness (QED) is 0.343. The first-order valence-electron chi connectivity index (χ1n) is 11.7. The summed E-state index contributed by atoms with van der Waals surface area (Å²) in [4.78, 5) is 39.5. The fourth-order valence-corrected chi connectivity index (χ4v) is 3.92. The third-order valence-corrected chi connectivity index (χ3v) is 5.60. The Hall–Kier alpha value is -4.07. The third-order valence-electron chi connectivity index (χ3n) is 5.60. The molecular formula is C28H30FN3O4. The summed E-state index contributed by atoms with van der Waals surface area (Å²) in [5.74, 6) is -1.41. The van der Waals surface area contributed by atoms with Crippen LogP contribution in [0.1, 0.15) is 37.5 Å². The molecule has 0 saturated carbocycles. The van der Waals surface area contributed by atoms with E-state index in [2.05, 4.69) is 5.32 Å². The second-order valence-corrected chi connectivity index (χ2v) is 9.62. The van der Waals surface area contributed by atoms with Crippen molar-refractivity contribution < 1.29 is 18.9 Å². The van der Waals surface area contributed by atoms with Crippen LogP contribution in [0.3, 0.4) is 0 Å². The molecule has 0 aromatic heterocycles. The van der Waals surface area contributed by atoms with Gasteiger partial charge in [-0.2, -0.15) is 0 Å². The number of nitro groups is 1. The van der Waals surface area contributed by atoms with Crippen molar-refractivity contribution in [1.29, 1.82) is 0 Å². The highest BCUT2D eigenvalue weighted by Crippen LogP contribution is 2.22. The lowest BCUT2D eigenvalue weighted by Crippen LogP contribution is -2.54. The van der Waals surface area contributed by atoms with E-state index in [1.54, 1.807) is 24.3 Å². The van der Waals surface area contributed by atoms with E-state index in [1.165, 1.54) is 29.2 Å². The van der Waals surface area contributed by atoms with Crippen LogP contribution in [0.25, 0.3) is 0 Å². The van der Waals surface area contributed by atoms with Crippen molar-refractivity contribution in [3.05, 3.63) is 111 Å². The van der Waals surface area contributed by atoms with Crippen LogP contribution < -0.4 is 5.32 Å². The van der Waals surface area contributed by atoms with E-state index < -0.39 is 34.1 Å². The highest BCUT2D eigenvalue weighted by molar-refractivity contribution is 5.89. The summed E-state index contributed by atoms with van der Waals surface area (Å²) < 4.78 is 14.6. The normalized spacial score (nSPS) is 12.0. The Morgan fingerprint density at radius 3 is 2.14 bits per heavy atom. The minimum absolute atomic E-state index is 0.165. The van der Waals surface area contributed by atoms with Gasteiger partial charge in [0.15, 0.2) is 0 Å². The number of rotatable bonds is 9. The molecule has 0 radical (unpaired) electrons. The number of carbonyl (C=O) groups is 2. The molecule has 2 amide bonds. The largest absolute Gasteiger partial charge is 0.350 e. The minimum Gasteiger partial charge on any atom is -0.350 e. The number of halogens is 1. The minimum atomic E-state index is -0.971. The van der Waals surface area contributed by atoms with Crippen molar-refractivity contribution >= 4 is 17.5 Å². The molecule has 3 aromatic carbocycles. The van der Waals surface area contributed by atoms with Crippen molar-refractivity contribution in [3.8, 4) is 0 Å². The van der Waals surface area contributed by atoms with Crippen LogP contribution >= 0.6 is 0 Å². The fourth-order valence-electron chi connectivity index (χ4n) is 3.92. The van der Waals surface area contributed by atoms with E-state index in [9.17, 15) is 24.1 Å². The molecule has 36 heavy (non-hydrogen) atoms. The number of hydrogen-bond acceptors (Lipinski definition) is 4. The molecule has 0 aliphatic heterocycles. The SMILES string of the molecule is CC(C)(C)NC(=O)[C@@H](Cc1ccccc1)N(Cc1ccccc1F)C(=O)Cc1ccccc1[N+](=O)[O-]. The maximum absolute atomic E-state index is 14.6. The molecule has 0 aliphatic rings. The summed E-state index contributed by atoms with van der Waals surface area (Å²) in [5, 5.41) is 14.4. The molecule has 0 bridgehead atoms. The molecule has 0 unspecified atom stereocenters. The topological polar surface area (TPSA) is 92.6 Å². The van der Waals surface area contributed by atoms with Gasteiger partial charge >= 0.3 is 0 Å². The summed E-state index contributed by atoms with van der Waals surface area (Å²) in [7, 11) is 0. The second kappa shape index (κ2) is 11.6. The Bertz CT molecular complexity index is 1220. The van der Waals surface area contributed by atoms with Crippen molar-refractivity contribution in [2.24, 2.45) is 0 Å². The number of nitrogens with one attached hydrogen (secondary N) is 1. The molecule has 3 rings (SSSR count). The van der Waals surface area contributed by atoms with Crippen molar-refractivity contribution in [2.75, 3.05) is 0 Å². The average molecular weight is 492 g/mol. The van der Waals surface area contributed by atoms with Crippen LogP contribution in [0.15, 0.2) is 78.9 Å². The summed E-state index contributed by atoms with van der Waals surface area (Å²) >= 11 is 0. The Labute approximate surface area is 210 Å². The van der Waals surface area contributed by atoms with Gasteiger partial charge in [0.25, 0.3) is 5.69 Å². The van der Waals surface area contributed by atoms with Gasteiger partial charge in [0, 0.05) is 35.7 Å². The first-order valence-corrected chi connectivity index (χ1v) is 11.7. The summed E-state index contributed by atoms with van der Waals surface area (Å²) in [5.41, 5.74) is 0.534. The lowest BCUT2D eigenvalue weighted by Gasteiger charge is -2.34. The van der Waals surface area contributed by atoms with E-state index in [1.807, 2.05) is 51.1 Å². The van der Waals surface area contributed by atoms with Gasteiger partial charge < -0.3 is 10.2 Å². The van der Waals surface area contributed by atoms with Crippen LogP contribution in [0.2, 0.25) is 0 Å². The number of amides is 2. The molecule has 0 aliphatic carbocycles. The van der Waals surface area contributed by atoms with Gasteiger partial charge in [-0.05, 0) is 32.4 Å². The smallest absolute Gasteiger partial charge is 0.273 e. The van der Waals surface area contributed by atoms with Gasteiger partial charge in [-0.3, -0.25) is 19.7 Å². The van der Waals surface area contributed by atoms with Gasteiger partial charge in [0.05, 0.1) is 11.3 Å². The maximum Gasteiger partial charge on any atom is 0.273 e. The molecule has 188 valence electrons. The van der Waals surface area contributed by atoms with Gasteiger partial charge in [-0.1, -0.05) is 66.7 Å². The molecule has 1 N–H and O–H groups in total. The molecule has 7 nitrogen and oxygen atoms in total. The summed E-state index contributed by atoms with van der Waals surface area (Å²) in [6, 6.07) is 20.3. The molecule has 0 heterocycles. The van der Waals surface area contributed by atoms with Gasteiger partial charge in [-0.25, -0.2) is 4.39 Å². The zero-order valence-corrected chi connectivity index (χ0v) is 20.6. The highest BCUT2D eigenvalue weighted by Gasteiger charge is 2.33. The van der Waals surface area contributed by atoms with Crippen LogP contribution in [0, 0.1) is 15.9 Å². The molecule has 8 heteroatoms. The highest BCUT2D eigenvalue weighted by atomic mass is 19.1. The lowest BCUT2D eigenvalue weighted by molar-refractivity contribution is -0.385. The van der Waals surface area contributed by atoms with E-state index in [0.717, 1.165) is 5.56 Å². The third kappa shape index (κ3) is 7.21. The van der Waals surface area contributed by atoms with Crippen LogP contribution in [0.5, 0.6) is 0 Å². The number of benzene rings is 3. The fraction of sp³-hybridized carbons (Fsp3) is 0.286. The second-order valence-electron chi connectivity index (χ2n) is 9.62. The maximum atomic E-state index is 14.6. The van der Waals surface area contributed by atoms with E-state index >= 15 is 0 Å². The van der Waals surface area contributed by atoms with Crippen molar-refractivity contribution in [1.82, 2.24) is 10.2 Å². The molecule has 1 atom stereocenters. The molecule has 0 spiro atoms. The molecular weight excluding hydrogens is 461 g/mol. The average Bonchev–Trinajstić information content (AvgIpc) is 2.82. The number of nitro benzene ring substituents is 1. The zero-order chi connectivity index (χ0) is 26.3. The van der Waals surface area contributed by atoms with Crippen LogP contribution in [0.4, 0.5) is 10.1 Å². The predicted octanol–water partition coefficient (Wildman–Crippen LogP) is 4.83. The van der Waals surface area contributed by atoms with E-state index in [-0.39, 0.29) is 36.2 Å².